The van der Waals surface area contributed by atoms with E-state index < -0.39 is 18.0 Å². The third-order valence-corrected chi connectivity index (χ3v) is 2.85. The van der Waals surface area contributed by atoms with Crippen molar-refractivity contribution in [2.75, 3.05) is 17.7 Å². The van der Waals surface area contributed by atoms with Gasteiger partial charge in [-0.25, -0.2) is 9.59 Å². The minimum atomic E-state index is -0.733. The van der Waals surface area contributed by atoms with Gasteiger partial charge in [0.25, 0.3) is 0 Å². The third-order valence-electron chi connectivity index (χ3n) is 2.85. The Hall–Kier alpha value is -2.57. The highest BCUT2D eigenvalue weighted by Crippen LogP contribution is 2.15. The van der Waals surface area contributed by atoms with Gasteiger partial charge in [-0.3, -0.25) is 4.79 Å². The third kappa shape index (κ3) is 5.43. The molecule has 120 valence electrons. The van der Waals surface area contributed by atoms with Gasteiger partial charge in [0, 0.05) is 18.3 Å². The molecular formula is C15H21N3O4. The number of nitrogens with one attached hydrogen (secondary N) is 3. The predicted molar refractivity (Wildman–Crippen MR) is 83.5 cm³/mol. The van der Waals surface area contributed by atoms with Gasteiger partial charge in [0.2, 0.25) is 5.91 Å². The van der Waals surface area contributed by atoms with Gasteiger partial charge in [-0.05, 0) is 24.1 Å². The zero-order valence-corrected chi connectivity index (χ0v) is 13.1. The van der Waals surface area contributed by atoms with E-state index in [0.29, 0.717) is 11.4 Å². The number of rotatable bonds is 5. The smallest absolute Gasteiger partial charge is 0.328 e. The molecule has 0 radical (unpaired) electrons. The lowest BCUT2D eigenvalue weighted by molar-refractivity contribution is -0.143. The van der Waals surface area contributed by atoms with E-state index in [2.05, 4.69) is 20.7 Å². The summed E-state index contributed by atoms with van der Waals surface area (Å²) in [5, 5.41) is 7.79. The number of hydrogen-bond donors (Lipinski definition) is 3. The van der Waals surface area contributed by atoms with Crippen LogP contribution >= 0.6 is 0 Å². The fraction of sp³-hybridized carbons (Fsp3) is 0.400. The molecule has 0 aliphatic heterocycles. The highest BCUT2D eigenvalue weighted by Gasteiger charge is 2.24. The molecule has 0 bridgehead atoms. The number of methoxy groups -OCH3 is 1. The van der Waals surface area contributed by atoms with Crippen LogP contribution in [0.25, 0.3) is 0 Å². The van der Waals surface area contributed by atoms with E-state index in [-0.39, 0.29) is 11.8 Å². The Kier molecular flexibility index (Phi) is 6.37. The summed E-state index contributed by atoms with van der Waals surface area (Å²) in [5.41, 5.74) is 1.06. The predicted octanol–water partition coefficient (Wildman–Crippen LogP) is 1.96. The molecule has 7 heteroatoms. The molecule has 0 aromatic heterocycles. The number of esters is 1. The molecule has 0 saturated heterocycles. The molecule has 1 rings (SSSR count). The molecule has 1 aromatic rings. The van der Waals surface area contributed by atoms with Gasteiger partial charge in [-0.15, -0.1) is 0 Å². The van der Waals surface area contributed by atoms with E-state index in [4.69, 9.17) is 0 Å². The van der Waals surface area contributed by atoms with Crippen LogP contribution in [-0.4, -0.2) is 31.1 Å². The van der Waals surface area contributed by atoms with Crippen LogP contribution in [0.5, 0.6) is 0 Å². The lowest BCUT2D eigenvalue weighted by Gasteiger charge is -2.20. The standard InChI is InChI=1S/C15H21N3O4/c1-9(2)13(14(20)22-4)18-15(21)17-12-7-5-6-11(8-12)16-10(3)19/h5-9,13H,1-4H3,(H,16,19)(H2,17,18,21). The summed E-state index contributed by atoms with van der Waals surface area (Å²) in [5.74, 6) is -0.812. The molecule has 0 heterocycles. The van der Waals surface area contributed by atoms with Crippen molar-refractivity contribution in [3.63, 3.8) is 0 Å². The van der Waals surface area contributed by atoms with Gasteiger partial charge >= 0.3 is 12.0 Å². The number of ether oxygens (including phenoxy) is 1. The second-order valence-electron chi connectivity index (χ2n) is 5.11. The van der Waals surface area contributed by atoms with Crippen molar-refractivity contribution in [2.45, 2.75) is 26.8 Å². The van der Waals surface area contributed by atoms with Crippen molar-refractivity contribution in [3.05, 3.63) is 24.3 Å². The van der Waals surface area contributed by atoms with Crippen molar-refractivity contribution >= 4 is 29.3 Å². The van der Waals surface area contributed by atoms with E-state index in [1.165, 1.54) is 14.0 Å². The average Bonchev–Trinajstić information content (AvgIpc) is 2.43. The highest BCUT2D eigenvalue weighted by molar-refractivity contribution is 5.94. The van der Waals surface area contributed by atoms with Crippen molar-refractivity contribution in [2.24, 2.45) is 5.92 Å². The van der Waals surface area contributed by atoms with Crippen molar-refractivity contribution in [1.82, 2.24) is 5.32 Å². The molecule has 22 heavy (non-hydrogen) atoms. The summed E-state index contributed by atoms with van der Waals surface area (Å²) in [6.07, 6.45) is 0. The lowest BCUT2D eigenvalue weighted by atomic mass is 10.1. The average molecular weight is 307 g/mol. The minimum absolute atomic E-state index is 0.107. The van der Waals surface area contributed by atoms with Gasteiger partial charge in [-0.1, -0.05) is 19.9 Å². The van der Waals surface area contributed by atoms with Crippen LogP contribution in [-0.2, 0) is 14.3 Å². The van der Waals surface area contributed by atoms with Crippen LogP contribution in [0.3, 0.4) is 0 Å². The van der Waals surface area contributed by atoms with E-state index in [1.54, 1.807) is 38.1 Å². The second kappa shape index (κ2) is 8.02. The first-order valence-electron chi connectivity index (χ1n) is 6.86. The first-order valence-corrected chi connectivity index (χ1v) is 6.86. The van der Waals surface area contributed by atoms with Crippen LogP contribution in [0.2, 0.25) is 0 Å². The van der Waals surface area contributed by atoms with Crippen molar-refractivity contribution in [1.29, 1.82) is 0 Å². The number of amides is 3. The zero-order chi connectivity index (χ0) is 16.7. The number of carbonyl (C=O) groups is 3. The molecule has 0 aliphatic carbocycles. The fourth-order valence-electron chi connectivity index (χ4n) is 1.81. The van der Waals surface area contributed by atoms with E-state index in [1.807, 2.05) is 0 Å². The van der Waals surface area contributed by atoms with Crippen molar-refractivity contribution < 1.29 is 19.1 Å². The number of anilines is 2. The molecule has 0 fully saturated rings. The maximum absolute atomic E-state index is 12.0. The first-order chi connectivity index (χ1) is 10.3. The molecule has 3 N–H and O–H groups in total. The van der Waals surface area contributed by atoms with Crippen molar-refractivity contribution in [3.8, 4) is 0 Å². The van der Waals surface area contributed by atoms with Gasteiger partial charge in [-0.2, -0.15) is 0 Å². The molecule has 0 saturated carbocycles. The lowest BCUT2D eigenvalue weighted by Crippen LogP contribution is -2.46. The van der Waals surface area contributed by atoms with E-state index in [0.717, 1.165) is 0 Å². The normalized spacial score (nSPS) is 11.5. The Morgan fingerprint density at radius 2 is 1.68 bits per heavy atom. The largest absolute Gasteiger partial charge is 0.467 e. The molecule has 0 spiro atoms. The molecular weight excluding hydrogens is 286 g/mol. The Bertz CT molecular complexity index is 557. The summed E-state index contributed by atoms with van der Waals surface area (Å²) >= 11 is 0. The van der Waals surface area contributed by atoms with Crippen LogP contribution < -0.4 is 16.0 Å². The zero-order valence-electron chi connectivity index (χ0n) is 13.1. The second-order valence-corrected chi connectivity index (χ2v) is 5.11. The fourth-order valence-corrected chi connectivity index (χ4v) is 1.81. The van der Waals surface area contributed by atoms with Gasteiger partial charge in [0.1, 0.15) is 6.04 Å². The molecule has 0 aliphatic rings. The molecule has 3 amide bonds. The topological polar surface area (TPSA) is 96.5 Å². The van der Waals surface area contributed by atoms with Crippen LogP contribution in [0.4, 0.5) is 16.2 Å². The number of carbonyl (C=O) groups excluding carboxylic acids is 3. The molecule has 1 unspecified atom stereocenters. The SMILES string of the molecule is COC(=O)C(NC(=O)Nc1cccc(NC(C)=O)c1)C(C)C. The van der Waals surface area contributed by atoms with E-state index >= 15 is 0 Å². The Balaban J connectivity index is 2.71. The summed E-state index contributed by atoms with van der Waals surface area (Å²) in [4.78, 5) is 34.6. The Labute approximate surface area is 129 Å². The van der Waals surface area contributed by atoms with Gasteiger partial charge < -0.3 is 20.7 Å². The highest BCUT2D eigenvalue weighted by atomic mass is 16.5. The maximum atomic E-state index is 12.0. The monoisotopic (exact) mass is 307 g/mol. The molecule has 1 atom stereocenters. The molecule has 1 aromatic carbocycles. The first kappa shape index (κ1) is 17.5. The quantitative estimate of drug-likeness (QED) is 0.724. The Morgan fingerprint density at radius 1 is 1.09 bits per heavy atom. The van der Waals surface area contributed by atoms with E-state index in [9.17, 15) is 14.4 Å². The number of urea groups is 1. The van der Waals surface area contributed by atoms with Gasteiger partial charge in [0.15, 0.2) is 0 Å². The molecule has 7 nitrogen and oxygen atoms in total. The Morgan fingerprint density at radius 3 is 2.18 bits per heavy atom. The number of hydrogen-bond acceptors (Lipinski definition) is 4. The summed E-state index contributed by atoms with van der Waals surface area (Å²) in [6, 6.07) is 5.43. The summed E-state index contributed by atoms with van der Waals surface area (Å²) in [6.45, 7) is 5.01. The van der Waals surface area contributed by atoms with Crippen LogP contribution in [0.15, 0.2) is 24.3 Å². The van der Waals surface area contributed by atoms with Crippen LogP contribution in [0, 0.1) is 5.92 Å². The number of benzene rings is 1. The summed E-state index contributed by atoms with van der Waals surface area (Å²) < 4.78 is 4.66. The minimum Gasteiger partial charge on any atom is -0.467 e. The summed E-state index contributed by atoms with van der Waals surface area (Å²) in [7, 11) is 1.27. The van der Waals surface area contributed by atoms with Crippen LogP contribution in [0.1, 0.15) is 20.8 Å². The maximum Gasteiger partial charge on any atom is 0.328 e. The van der Waals surface area contributed by atoms with Gasteiger partial charge in [0.05, 0.1) is 7.11 Å².